The van der Waals surface area contributed by atoms with E-state index in [1.165, 1.54) is 38.5 Å². The molecule has 0 spiro atoms. The van der Waals surface area contributed by atoms with Crippen LogP contribution in [-0.4, -0.2) is 5.11 Å². The molecule has 1 fully saturated rings. The van der Waals surface area contributed by atoms with E-state index in [2.05, 4.69) is 0 Å². The van der Waals surface area contributed by atoms with Gasteiger partial charge < -0.3 is 5.11 Å². The Kier molecular flexibility index (Phi) is 3.65. The number of hydrogen-bond acceptors (Lipinski definition) is 1. The molecule has 0 aliphatic heterocycles. The van der Waals surface area contributed by atoms with Crippen molar-refractivity contribution in [2.75, 3.05) is 0 Å². The maximum absolute atomic E-state index is 9.64. The SMILES string of the molecule is Oc1ccccc1CCC1CCCCC1. The Morgan fingerprint density at radius 3 is 2.53 bits per heavy atom. The first-order valence-corrected chi connectivity index (χ1v) is 6.13. The summed E-state index contributed by atoms with van der Waals surface area (Å²) < 4.78 is 0. The van der Waals surface area contributed by atoms with Gasteiger partial charge in [-0.2, -0.15) is 0 Å². The highest BCUT2D eigenvalue weighted by Crippen LogP contribution is 2.28. The Hall–Kier alpha value is -0.980. The maximum Gasteiger partial charge on any atom is 0.118 e. The summed E-state index contributed by atoms with van der Waals surface area (Å²) in [4.78, 5) is 0. The summed E-state index contributed by atoms with van der Waals surface area (Å²) in [6.45, 7) is 0. The Bertz CT molecular complexity index is 300. The molecule has 0 saturated heterocycles. The lowest BCUT2D eigenvalue weighted by molar-refractivity contribution is 0.337. The second-order valence-corrected chi connectivity index (χ2v) is 4.67. The number of benzene rings is 1. The molecule has 15 heavy (non-hydrogen) atoms. The van der Waals surface area contributed by atoms with Crippen LogP contribution in [0.4, 0.5) is 0 Å². The van der Waals surface area contributed by atoms with E-state index in [4.69, 9.17) is 0 Å². The average Bonchev–Trinajstić information content (AvgIpc) is 2.29. The van der Waals surface area contributed by atoms with Gasteiger partial charge in [0, 0.05) is 0 Å². The maximum atomic E-state index is 9.64. The summed E-state index contributed by atoms with van der Waals surface area (Å²) in [5.74, 6) is 1.37. The van der Waals surface area contributed by atoms with Crippen LogP contribution in [0.3, 0.4) is 0 Å². The minimum atomic E-state index is 0.466. The molecule has 0 heterocycles. The van der Waals surface area contributed by atoms with Crippen molar-refractivity contribution in [3.05, 3.63) is 29.8 Å². The second kappa shape index (κ2) is 5.20. The average molecular weight is 204 g/mol. The van der Waals surface area contributed by atoms with Crippen LogP contribution in [-0.2, 0) is 6.42 Å². The summed E-state index contributed by atoms with van der Waals surface area (Å²) in [5.41, 5.74) is 1.11. The zero-order chi connectivity index (χ0) is 10.5. The van der Waals surface area contributed by atoms with E-state index in [-0.39, 0.29) is 0 Å². The lowest BCUT2D eigenvalue weighted by Crippen LogP contribution is -2.07. The van der Waals surface area contributed by atoms with Crippen LogP contribution in [0.2, 0.25) is 0 Å². The molecule has 0 atom stereocenters. The van der Waals surface area contributed by atoms with Crippen LogP contribution in [0.25, 0.3) is 0 Å². The van der Waals surface area contributed by atoms with Gasteiger partial charge in [0.25, 0.3) is 0 Å². The molecule has 0 radical (unpaired) electrons. The van der Waals surface area contributed by atoms with Crippen LogP contribution in [0, 0.1) is 5.92 Å². The summed E-state index contributed by atoms with van der Waals surface area (Å²) >= 11 is 0. The quantitative estimate of drug-likeness (QED) is 0.791. The monoisotopic (exact) mass is 204 g/mol. The van der Waals surface area contributed by atoms with Crippen LogP contribution in [0.5, 0.6) is 5.75 Å². The van der Waals surface area contributed by atoms with Crippen LogP contribution < -0.4 is 0 Å². The van der Waals surface area contributed by atoms with E-state index in [0.29, 0.717) is 5.75 Å². The predicted octanol–water partition coefficient (Wildman–Crippen LogP) is 3.91. The fourth-order valence-corrected chi connectivity index (χ4v) is 2.56. The van der Waals surface area contributed by atoms with Crippen LogP contribution in [0.1, 0.15) is 44.1 Å². The minimum Gasteiger partial charge on any atom is -0.508 e. The molecule has 0 amide bonds. The molecule has 82 valence electrons. The largest absolute Gasteiger partial charge is 0.508 e. The molecule has 0 unspecified atom stereocenters. The number of phenolic OH excluding ortho intramolecular Hbond substituents is 1. The van der Waals surface area contributed by atoms with E-state index in [1.807, 2.05) is 18.2 Å². The molecule has 1 aromatic carbocycles. The minimum absolute atomic E-state index is 0.466. The highest BCUT2D eigenvalue weighted by Gasteiger charge is 2.13. The van der Waals surface area contributed by atoms with Crippen molar-refractivity contribution in [2.45, 2.75) is 44.9 Å². The second-order valence-electron chi connectivity index (χ2n) is 4.67. The Balaban J connectivity index is 1.84. The molecule has 1 aromatic rings. The highest BCUT2D eigenvalue weighted by molar-refractivity contribution is 5.31. The molecule has 1 aliphatic rings. The Morgan fingerprint density at radius 2 is 1.80 bits per heavy atom. The van der Waals surface area contributed by atoms with Gasteiger partial charge >= 0.3 is 0 Å². The molecular formula is C14H20O. The summed E-state index contributed by atoms with van der Waals surface area (Å²) in [6, 6.07) is 7.73. The van der Waals surface area contributed by atoms with Crippen molar-refractivity contribution in [3.63, 3.8) is 0 Å². The number of aromatic hydroxyl groups is 1. The van der Waals surface area contributed by atoms with E-state index in [0.717, 1.165) is 17.9 Å². The Labute approximate surface area is 92.1 Å². The normalized spacial score (nSPS) is 17.9. The molecular weight excluding hydrogens is 184 g/mol. The van der Waals surface area contributed by atoms with Crippen molar-refractivity contribution < 1.29 is 5.11 Å². The number of hydrogen-bond donors (Lipinski definition) is 1. The Morgan fingerprint density at radius 1 is 1.07 bits per heavy atom. The van der Waals surface area contributed by atoms with Gasteiger partial charge in [-0.1, -0.05) is 50.3 Å². The third-order valence-electron chi connectivity index (χ3n) is 3.54. The number of rotatable bonds is 3. The predicted molar refractivity (Wildman–Crippen MR) is 63.0 cm³/mol. The molecule has 1 nitrogen and oxygen atoms in total. The highest BCUT2D eigenvalue weighted by atomic mass is 16.3. The molecule has 0 bridgehead atoms. The van der Waals surface area contributed by atoms with E-state index < -0.39 is 0 Å². The molecule has 0 aromatic heterocycles. The van der Waals surface area contributed by atoms with Gasteiger partial charge in [0.1, 0.15) is 5.75 Å². The summed E-state index contributed by atoms with van der Waals surface area (Å²) in [6.07, 6.45) is 9.32. The van der Waals surface area contributed by atoms with Gasteiger partial charge in [-0.25, -0.2) is 0 Å². The summed E-state index contributed by atoms with van der Waals surface area (Å²) in [5, 5.41) is 9.64. The fraction of sp³-hybridized carbons (Fsp3) is 0.571. The van der Waals surface area contributed by atoms with Gasteiger partial charge in [-0.3, -0.25) is 0 Å². The van der Waals surface area contributed by atoms with E-state index in [1.54, 1.807) is 6.07 Å². The van der Waals surface area contributed by atoms with E-state index in [9.17, 15) is 5.11 Å². The van der Waals surface area contributed by atoms with Crippen molar-refractivity contribution in [1.29, 1.82) is 0 Å². The van der Waals surface area contributed by atoms with Gasteiger partial charge in [-0.15, -0.1) is 0 Å². The molecule has 1 saturated carbocycles. The van der Waals surface area contributed by atoms with Gasteiger partial charge in [-0.05, 0) is 30.4 Å². The first kappa shape index (κ1) is 10.5. The van der Waals surface area contributed by atoms with Crippen molar-refractivity contribution in [1.82, 2.24) is 0 Å². The number of phenols is 1. The van der Waals surface area contributed by atoms with Crippen LogP contribution >= 0.6 is 0 Å². The van der Waals surface area contributed by atoms with Gasteiger partial charge in [0.2, 0.25) is 0 Å². The van der Waals surface area contributed by atoms with E-state index >= 15 is 0 Å². The molecule has 1 N–H and O–H groups in total. The fourth-order valence-electron chi connectivity index (χ4n) is 2.56. The topological polar surface area (TPSA) is 20.2 Å². The van der Waals surface area contributed by atoms with Gasteiger partial charge in [0.05, 0.1) is 0 Å². The lowest BCUT2D eigenvalue weighted by Gasteiger charge is -2.21. The van der Waals surface area contributed by atoms with Gasteiger partial charge in [0.15, 0.2) is 0 Å². The smallest absolute Gasteiger partial charge is 0.118 e. The van der Waals surface area contributed by atoms with Crippen molar-refractivity contribution in [3.8, 4) is 5.75 Å². The number of aryl methyl sites for hydroxylation is 1. The first-order chi connectivity index (χ1) is 7.36. The summed E-state index contributed by atoms with van der Waals surface area (Å²) in [7, 11) is 0. The standard InChI is InChI=1S/C14H20O/c15-14-9-5-4-8-13(14)11-10-12-6-2-1-3-7-12/h4-5,8-9,12,15H,1-3,6-7,10-11H2. The zero-order valence-corrected chi connectivity index (χ0v) is 9.28. The van der Waals surface area contributed by atoms with Crippen LogP contribution in [0.15, 0.2) is 24.3 Å². The number of para-hydroxylation sites is 1. The van der Waals surface area contributed by atoms with Crippen molar-refractivity contribution in [2.24, 2.45) is 5.92 Å². The molecule has 2 rings (SSSR count). The first-order valence-electron chi connectivity index (χ1n) is 6.13. The third kappa shape index (κ3) is 2.98. The third-order valence-corrected chi connectivity index (χ3v) is 3.54. The lowest BCUT2D eigenvalue weighted by atomic mass is 9.85. The zero-order valence-electron chi connectivity index (χ0n) is 9.28. The molecule has 1 aliphatic carbocycles. The molecule has 1 heteroatoms. The van der Waals surface area contributed by atoms with Crippen molar-refractivity contribution >= 4 is 0 Å².